The van der Waals surface area contributed by atoms with Crippen LogP contribution in [-0.2, 0) is 4.79 Å². The summed E-state index contributed by atoms with van der Waals surface area (Å²) in [5.41, 5.74) is 2.67. The fourth-order valence-electron chi connectivity index (χ4n) is 2.37. The van der Waals surface area contributed by atoms with Crippen molar-refractivity contribution in [2.75, 3.05) is 38.0 Å². The van der Waals surface area contributed by atoms with E-state index < -0.39 is 0 Å². The summed E-state index contributed by atoms with van der Waals surface area (Å²) in [6.07, 6.45) is 0. The molecular formula is C18H20Br2N2O3. The van der Waals surface area contributed by atoms with Gasteiger partial charge in [-0.05, 0) is 68.6 Å². The molecule has 0 aromatic heterocycles. The van der Waals surface area contributed by atoms with Gasteiger partial charge in [0.25, 0.3) is 0 Å². The van der Waals surface area contributed by atoms with Gasteiger partial charge in [0.15, 0.2) is 11.5 Å². The monoisotopic (exact) mass is 470 g/mol. The molecule has 5 nitrogen and oxygen atoms in total. The highest BCUT2D eigenvalue weighted by Gasteiger charge is 2.14. The second kappa shape index (κ2) is 8.58. The summed E-state index contributed by atoms with van der Waals surface area (Å²) in [7, 11) is 5.02. The predicted octanol–water partition coefficient (Wildman–Crippen LogP) is 4.61. The summed E-state index contributed by atoms with van der Waals surface area (Å²) in [5.74, 6) is 1.15. The number of rotatable bonds is 6. The minimum Gasteiger partial charge on any atom is -0.493 e. The maximum absolute atomic E-state index is 12.4. The van der Waals surface area contributed by atoms with Gasteiger partial charge in [-0.1, -0.05) is 0 Å². The van der Waals surface area contributed by atoms with Crippen molar-refractivity contribution in [1.82, 2.24) is 0 Å². The molecule has 7 heteroatoms. The van der Waals surface area contributed by atoms with Gasteiger partial charge in [0.2, 0.25) is 5.91 Å². The van der Waals surface area contributed by atoms with Gasteiger partial charge in [0, 0.05) is 27.7 Å². The molecule has 2 aromatic rings. The minimum atomic E-state index is -0.123. The molecule has 2 rings (SSSR count). The van der Waals surface area contributed by atoms with Crippen LogP contribution in [0.2, 0.25) is 0 Å². The van der Waals surface area contributed by atoms with E-state index in [0.717, 1.165) is 25.9 Å². The van der Waals surface area contributed by atoms with Crippen LogP contribution >= 0.6 is 31.9 Å². The molecule has 0 atom stereocenters. The Bertz CT molecular complexity index is 758. The molecule has 0 radical (unpaired) electrons. The van der Waals surface area contributed by atoms with Gasteiger partial charge < -0.3 is 19.7 Å². The lowest BCUT2D eigenvalue weighted by Gasteiger charge is -2.21. The third kappa shape index (κ3) is 4.89. The van der Waals surface area contributed by atoms with Gasteiger partial charge in [-0.3, -0.25) is 4.79 Å². The fraction of sp³-hybridized carbons (Fsp3) is 0.278. The van der Waals surface area contributed by atoms with E-state index in [1.54, 1.807) is 14.2 Å². The first-order chi connectivity index (χ1) is 11.8. The molecule has 0 bridgehead atoms. The lowest BCUT2D eigenvalue weighted by atomic mass is 10.2. The van der Waals surface area contributed by atoms with Gasteiger partial charge in [0.1, 0.15) is 0 Å². The molecule has 25 heavy (non-hydrogen) atoms. The first kappa shape index (κ1) is 19.6. The Labute approximate surface area is 164 Å². The van der Waals surface area contributed by atoms with Crippen molar-refractivity contribution < 1.29 is 14.3 Å². The second-order valence-corrected chi connectivity index (χ2v) is 7.26. The van der Waals surface area contributed by atoms with E-state index >= 15 is 0 Å². The van der Waals surface area contributed by atoms with Gasteiger partial charge in [-0.2, -0.15) is 0 Å². The number of methoxy groups -OCH3 is 2. The number of halogens is 2. The molecule has 0 saturated carbocycles. The molecule has 0 aliphatic rings. The number of amides is 1. The number of benzene rings is 2. The quantitative estimate of drug-likeness (QED) is 0.668. The Balaban J connectivity index is 2.10. The lowest BCUT2D eigenvalue weighted by Crippen LogP contribution is -2.30. The van der Waals surface area contributed by atoms with Gasteiger partial charge in [0.05, 0.1) is 26.5 Å². The van der Waals surface area contributed by atoms with Crippen LogP contribution < -0.4 is 19.7 Å². The van der Waals surface area contributed by atoms with Crippen LogP contribution in [0.15, 0.2) is 39.3 Å². The van der Waals surface area contributed by atoms with Crippen LogP contribution in [0.4, 0.5) is 11.4 Å². The minimum absolute atomic E-state index is 0.123. The Kier molecular flexibility index (Phi) is 6.72. The summed E-state index contributed by atoms with van der Waals surface area (Å²) in [6.45, 7) is 2.19. The molecular weight excluding hydrogens is 452 g/mol. The van der Waals surface area contributed by atoms with Crippen LogP contribution in [0.3, 0.4) is 0 Å². The van der Waals surface area contributed by atoms with Crippen LogP contribution in [0.5, 0.6) is 11.5 Å². The van der Waals surface area contributed by atoms with E-state index in [0.29, 0.717) is 11.5 Å². The zero-order valence-corrected chi connectivity index (χ0v) is 17.7. The molecule has 0 unspecified atom stereocenters. The summed E-state index contributed by atoms with van der Waals surface area (Å²) in [4.78, 5) is 14.3. The van der Waals surface area contributed by atoms with E-state index in [1.165, 1.54) is 0 Å². The van der Waals surface area contributed by atoms with Gasteiger partial charge >= 0.3 is 0 Å². The van der Waals surface area contributed by atoms with Crippen LogP contribution in [-0.4, -0.2) is 33.7 Å². The first-order valence-corrected chi connectivity index (χ1v) is 9.13. The Morgan fingerprint density at radius 1 is 1.08 bits per heavy atom. The number of anilines is 2. The average Bonchev–Trinajstić information content (AvgIpc) is 2.57. The highest BCUT2D eigenvalue weighted by Crippen LogP contribution is 2.33. The highest BCUT2D eigenvalue weighted by molar-refractivity contribution is 9.11. The molecule has 0 heterocycles. The maximum atomic E-state index is 12.4. The first-order valence-electron chi connectivity index (χ1n) is 7.54. The third-order valence-corrected chi connectivity index (χ3v) is 4.89. The van der Waals surface area contributed by atoms with E-state index in [-0.39, 0.29) is 12.5 Å². The Morgan fingerprint density at radius 2 is 1.68 bits per heavy atom. The van der Waals surface area contributed by atoms with Gasteiger partial charge in [-0.15, -0.1) is 0 Å². The number of nitrogens with one attached hydrogen (secondary N) is 1. The zero-order chi connectivity index (χ0) is 18.6. The molecule has 1 amide bonds. The lowest BCUT2D eigenvalue weighted by molar-refractivity contribution is -0.114. The number of likely N-dealkylation sites (N-methyl/N-ethyl adjacent to an activating group) is 1. The van der Waals surface area contributed by atoms with Crippen LogP contribution in [0.1, 0.15) is 5.56 Å². The van der Waals surface area contributed by atoms with Crippen molar-refractivity contribution in [1.29, 1.82) is 0 Å². The van der Waals surface area contributed by atoms with Crippen molar-refractivity contribution in [3.63, 3.8) is 0 Å². The van der Waals surface area contributed by atoms with Crippen LogP contribution in [0.25, 0.3) is 0 Å². The number of aryl methyl sites for hydroxylation is 1. The third-order valence-electron chi connectivity index (χ3n) is 3.64. The van der Waals surface area contributed by atoms with E-state index in [1.807, 2.05) is 49.2 Å². The fourth-order valence-corrected chi connectivity index (χ4v) is 3.98. The largest absolute Gasteiger partial charge is 0.493 e. The number of carbonyl (C=O) groups is 1. The number of hydrogen-bond acceptors (Lipinski definition) is 4. The summed E-state index contributed by atoms with van der Waals surface area (Å²) in [5, 5.41) is 2.93. The molecule has 0 spiro atoms. The summed E-state index contributed by atoms with van der Waals surface area (Å²) in [6, 6.07) is 9.45. The normalized spacial score (nSPS) is 10.3. The van der Waals surface area contributed by atoms with Crippen molar-refractivity contribution >= 4 is 49.1 Å². The molecule has 0 aliphatic carbocycles. The summed E-state index contributed by atoms with van der Waals surface area (Å²) >= 11 is 6.97. The van der Waals surface area contributed by atoms with Crippen molar-refractivity contribution in [2.45, 2.75) is 6.92 Å². The molecule has 0 saturated heterocycles. The zero-order valence-electron chi connectivity index (χ0n) is 14.5. The Morgan fingerprint density at radius 3 is 2.24 bits per heavy atom. The second-order valence-electron chi connectivity index (χ2n) is 5.55. The van der Waals surface area contributed by atoms with Crippen molar-refractivity contribution in [2.24, 2.45) is 0 Å². The standard InChI is InChI=1S/C18H20Br2N2O3/c1-11-7-13(19)18(14(20)8-11)21-17(23)10-22(2)12-5-6-15(24-3)16(9-12)25-4/h5-9H,10H2,1-4H3,(H,21,23). The highest BCUT2D eigenvalue weighted by atomic mass is 79.9. The van der Waals surface area contributed by atoms with E-state index in [9.17, 15) is 4.79 Å². The van der Waals surface area contributed by atoms with Crippen molar-refractivity contribution in [3.05, 3.63) is 44.8 Å². The predicted molar refractivity (Wildman–Crippen MR) is 108 cm³/mol. The van der Waals surface area contributed by atoms with E-state index in [4.69, 9.17) is 9.47 Å². The maximum Gasteiger partial charge on any atom is 0.243 e. The van der Waals surface area contributed by atoms with Gasteiger partial charge in [-0.25, -0.2) is 0 Å². The SMILES string of the molecule is COc1ccc(N(C)CC(=O)Nc2c(Br)cc(C)cc2Br)cc1OC. The van der Waals surface area contributed by atoms with Crippen LogP contribution in [0, 0.1) is 6.92 Å². The molecule has 134 valence electrons. The Hall–Kier alpha value is -1.73. The number of hydrogen-bond donors (Lipinski definition) is 1. The molecule has 0 aliphatic heterocycles. The van der Waals surface area contributed by atoms with E-state index in [2.05, 4.69) is 37.2 Å². The van der Waals surface area contributed by atoms with Crippen molar-refractivity contribution in [3.8, 4) is 11.5 Å². The molecule has 2 aromatic carbocycles. The topological polar surface area (TPSA) is 50.8 Å². The smallest absolute Gasteiger partial charge is 0.243 e. The number of nitrogens with zero attached hydrogens (tertiary/aromatic N) is 1. The number of carbonyl (C=O) groups excluding carboxylic acids is 1. The summed E-state index contributed by atoms with van der Waals surface area (Å²) < 4.78 is 12.2. The molecule has 0 fully saturated rings. The number of ether oxygens (including phenoxy) is 2. The average molecular weight is 472 g/mol. The molecule has 1 N–H and O–H groups in total.